The maximum absolute atomic E-state index is 13.1. The third-order valence-corrected chi connectivity index (χ3v) is 7.13. The zero-order chi connectivity index (χ0) is 23.3. The number of thioether (sulfide) groups is 1. The number of aromatic nitrogens is 3. The van der Waals surface area contributed by atoms with Crippen LogP contribution in [-0.2, 0) is 16.0 Å². The Kier molecular flexibility index (Phi) is 8.26. The van der Waals surface area contributed by atoms with Crippen LogP contribution in [0.1, 0.15) is 32.8 Å². The lowest BCUT2D eigenvalue weighted by atomic mass is 10.0. The highest BCUT2D eigenvalue weighted by Gasteiger charge is 2.33. The zero-order valence-electron chi connectivity index (χ0n) is 18.3. The van der Waals surface area contributed by atoms with Crippen molar-refractivity contribution in [3.8, 4) is 0 Å². The molecule has 1 aliphatic rings. The molecule has 1 atom stereocenters. The number of aliphatic hydroxyl groups is 1. The summed E-state index contributed by atoms with van der Waals surface area (Å²) in [5.74, 6) is 0.878. The van der Waals surface area contributed by atoms with Crippen LogP contribution in [0.4, 0.5) is 16.3 Å². The van der Waals surface area contributed by atoms with Gasteiger partial charge in [0.25, 0.3) is 0 Å². The van der Waals surface area contributed by atoms with Crippen LogP contribution in [0.3, 0.4) is 0 Å². The van der Waals surface area contributed by atoms with Crippen LogP contribution in [0.15, 0.2) is 29.4 Å². The van der Waals surface area contributed by atoms with E-state index in [4.69, 9.17) is 0 Å². The van der Waals surface area contributed by atoms with E-state index in [9.17, 15) is 17.9 Å². The number of hydrogen-bond donors (Lipinski definition) is 3. The lowest BCUT2D eigenvalue weighted by molar-refractivity contribution is 0.219. The predicted molar refractivity (Wildman–Crippen MR) is 123 cm³/mol. The molecule has 1 aromatic heterocycles. The number of benzene rings is 1. The molecule has 0 unspecified atom stereocenters. The summed E-state index contributed by atoms with van der Waals surface area (Å²) in [4.78, 5) is 12.8. The summed E-state index contributed by atoms with van der Waals surface area (Å²) in [6, 6.07) is 5.81. The first-order valence-corrected chi connectivity index (χ1v) is 12.9. The van der Waals surface area contributed by atoms with Crippen LogP contribution in [0.5, 0.6) is 0 Å². The number of halogens is 1. The predicted octanol–water partition coefficient (Wildman–Crippen LogP) is 2.73. The Morgan fingerprint density at radius 1 is 1.19 bits per heavy atom. The highest BCUT2D eigenvalue weighted by Crippen LogP contribution is 2.24. The molecule has 0 amide bonds. The van der Waals surface area contributed by atoms with E-state index in [1.165, 1.54) is 28.2 Å². The lowest BCUT2D eigenvalue weighted by Gasteiger charge is -2.35. The van der Waals surface area contributed by atoms with Crippen molar-refractivity contribution in [2.24, 2.45) is 11.8 Å². The number of rotatable bonds is 11. The van der Waals surface area contributed by atoms with E-state index >= 15 is 0 Å². The van der Waals surface area contributed by atoms with Gasteiger partial charge in [-0.25, -0.2) is 9.11 Å². The Hall–Kier alpha value is -2.02. The fraction of sp³-hybridized carbons (Fsp3) is 0.550. The summed E-state index contributed by atoms with van der Waals surface area (Å²) in [6.45, 7) is 6.82. The monoisotopic (exact) mass is 484 g/mol. The Morgan fingerprint density at radius 3 is 2.44 bits per heavy atom. The minimum absolute atomic E-state index is 0.0927. The van der Waals surface area contributed by atoms with E-state index in [2.05, 4.69) is 25.0 Å². The molecule has 3 rings (SSSR count). The molecule has 0 aliphatic carbocycles. The van der Waals surface area contributed by atoms with Gasteiger partial charge in [0.05, 0.1) is 12.6 Å². The average Bonchev–Trinajstić information content (AvgIpc) is 2.69. The van der Waals surface area contributed by atoms with E-state index < -0.39 is 10.2 Å². The minimum atomic E-state index is -3.77. The molecule has 176 valence electrons. The van der Waals surface area contributed by atoms with Crippen molar-refractivity contribution in [1.82, 2.24) is 19.3 Å². The van der Waals surface area contributed by atoms with Gasteiger partial charge in [-0.1, -0.05) is 44.7 Å². The van der Waals surface area contributed by atoms with Gasteiger partial charge in [0.2, 0.25) is 11.9 Å². The largest absolute Gasteiger partial charge is 0.394 e. The standard InChI is InChI=1S/C20H29FN6O3S2/c1-13(2)8-17(11-28)22-18-23-19(26-32(29,30)27-9-14(3)10-27)25-20(24-18)31-12-15-4-6-16(21)7-5-15/h4-7,13-14,17,28H,8-12H2,1-3H3,(H2,22,23,24,25,26)/t17-/m1/s1. The second-order valence-corrected chi connectivity index (χ2v) is 11.0. The highest BCUT2D eigenvalue weighted by atomic mass is 32.2. The van der Waals surface area contributed by atoms with E-state index in [0.29, 0.717) is 42.3 Å². The van der Waals surface area contributed by atoms with Crippen molar-refractivity contribution in [1.29, 1.82) is 0 Å². The van der Waals surface area contributed by atoms with E-state index in [0.717, 1.165) is 5.56 Å². The first kappa shape index (κ1) is 24.6. The third-order valence-electron chi connectivity index (χ3n) is 4.80. The highest BCUT2D eigenvalue weighted by molar-refractivity contribution is 7.98. The van der Waals surface area contributed by atoms with Crippen LogP contribution >= 0.6 is 11.8 Å². The molecule has 1 aromatic carbocycles. The minimum Gasteiger partial charge on any atom is -0.394 e. The molecule has 0 radical (unpaired) electrons. The normalized spacial score (nSPS) is 16.1. The Morgan fingerprint density at radius 2 is 1.84 bits per heavy atom. The first-order chi connectivity index (χ1) is 15.1. The van der Waals surface area contributed by atoms with Gasteiger partial charge in [0, 0.05) is 18.8 Å². The average molecular weight is 485 g/mol. The van der Waals surface area contributed by atoms with Gasteiger partial charge in [-0.15, -0.1) is 0 Å². The van der Waals surface area contributed by atoms with Gasteiger partial charge in [0.15, 0.2) is 5.16 Å². The van der Waals surface area contributed by atoms with Crippen LogP contribution in [-0.4, -0.2) is 58.5 Å². The maximum Gasteiger partial charge on any atom is 0.304 e. The number of nitrogens with zero attached hydrogens (tertiary/aromatic N) is 4. The fourth-order valence-corrected chi connectivity index (χ4v) is 5.35. The van der Waals surface area contributed by atoms with Crippen molar-refractivity contribution in [3.05, 3.63) is 35.6 Å². The van der Waals surface area contributed by atoms with Crippen LogP contribution in [0.25, 0.3) is 0 Å². The molecule has 2 aromatic rings. The van der Waals surface area contributed by atoms with Crippen LogP contribution in [0.2, 0.25) is 0 Å². The van der Waals surface area contributed by atoms with Gasteiger partial charge in [-0.3, -0.25) is 0 Å². The number of anilines is 2. The molecule has 1 fully saturated rings. The summed E-state index contributed by atoms with van der Waals surface area (Å²) >= 11 is 1.28. The SMILES string of the molecule is CC(C)C[C@H](CO)Nc1nc(NS(=O)(=O)N2CC(C)C2)nc(SCc2ccc(F)cc2)n1. The van der Waals surface area contributed by atoms with Crippen molar-refractivity contribution < 1.29 is 17.9 Å². The quantitative estimate of drug-likeness (QED) is 0.417. The van der Waals surface area contributed by atoms with E-state index in [1.807, 2.05) is 20.8 Å². The molecule has 0 saturated carbocycles. The van der Waals surface area contributed by atoms with Crippen molar-refractivity contribution >= 4 is 33.9 Å². The van der Waals surface area contributed by atoms with Crippen molar-refractivity contribution in [2.75, 3.05) is 29.7 Å². The second-order valence-electron chi connectivity index (χ2n) is 8.36. The summed E-state index contributed by atoms with van der Waals surface area (Å²) in [5, 5.41) is 13.1. The molecule has 0 spiro atoms. The Balaban J connectivity index is 1.80. The van der Waals surface area contributed by atoms with Crippen LogP contribution in [0, 0.1) is 17.7 Å². The van der Waals surface area contributed by atoms with E-state index in [1.54, 1.807) is 12.1 Å². The lowest BCUT2D eigenvalue weighted by Crippen LogP contribution is -2.50. The summed E-state index contributed by atoms with van der Waals surface area (Å²) < 4.78 is 42.1. The number of hydrogen-bond acceptors (Lipinski definition) is 8. The van der Waals surface area contributed by atoms with Crippen molar-refractivity contribution in [3.63, 3.8) is 0 Å². The van der Waals surface area contributed by atoms with Gasteiger partial charge < -0.3 is 10.4 Å². The van der Waals surface area contributed by atoms with Crippen LogP contribution < -0.4 is 10.0 Å². The molecule has 12 heteroatoms. The number of nitrogens with one attached hydrogen (secondary N) is 2. The van der Waals surface area contributed by atoms with Gasteiger partial charge >= 0.3 is 10.2 Å². The Bertz CT molecular complexity index is 1000. The topological polar surface area (TPSA) is 120 Å². The second kappa shape index (κ2) is 10.7. The molecular weight excluding hydrogens is 455 g/mol. The maximum atomic E-state index is 13.1. The van der Waals surface area contributed by atoms with Gasteiger partial charge in [-0.2, -0.15) is 27.7 Å². The van der Waals surface area contributed by atoms with Gasteiger partial charge in [-0.05, 0) is 36.0 Å². The zero-order valence-corrected chi connectivity index (χ0v) is 20.0. The summed E-state index contributed by atoms with van der Waals surface area (Å²) in [6.07, 6.45) is 0.687. The third kappa shape index (κ3) is 6.99. The van der Waals surface area contributed by atoms with Crippen molar-refractivity contribution in [2.45, 2.75) is 44.1 Å². The molecule has 9 nitrogen and oxygen atoms in total. The Labute approximate surface area is 192 Å². The molecular formula is C20H29FN6O3S2. The fourth-order valence-electron chi connectivity index (χ4n) is 3.21. The number of aliphatic hydroxyl groups excluding tert-OH is 1. The molecule has 1 saturated heterocycles. The summed E-state index contributed by atoms with van der Waals surface area (Å²) in [7, 11) is -3.77. The first-order valence-electron chi connectivity index (χ1n) is 10.4. The molecule has 32 heavy (non-hydrogen) atoms. The van der Waals surface area contributed by atoms with E-state index in [-0.39, 0.29) is 30.4 Å². The molecule has 3 N–H and O–H groups in total. The molecule has 0 bridgehead atoms. The molecule has 2 heterocycles. The molecule has 1 aliphatic heterocycles. The smallest absolute Gasteiger partial charge is 0.304 e. The van der Waals surface area contributed by atoms with Gasteiger partial charge in [0.1, 0.15) is 5.82 Å². The summed E-state index contributed by atoms with van der Waals surface area (Å²) in [5.41, 5.74) is 0.871.